The van der Waals surface area contributed by atoms with Crippen molar-refractivity contribution in [3.8, 4) is 17.2 Å². The van der Waals surface area contributed by atoms with Crippen molar-refractivity contribution in [1.29, 1.82) is 0 Å². The summed E-state index contributed by atoms with van der Waals surface area (Å²) in [5.74, 6) is 1.42. The van der Waals surface area contributed by atoms with Gasteiger partial charge in [0.2, 0.25) is 0 Å². The van der Waals surface area contributed by atoms with Gasteiger partial charge in [0.25, 0.3) is 0 Å². The van der Waals surface area contributed by atoms with Crippen molar-refractivity contribution in [2.24, 2.45) is 0 Å². The molecule has 5 heteroatoms. The maximum atomic E-state index is 12.4. The number of methoxy groups -OCH3 is 3. The molecule has 2 aromatic rings. The molecule has 0 amide bonds. The first kappa shape index (κ1) is 15.2. The molecule has 1 unspecified atom stereocenters. The summed E-state index contributed by atoms with van der Waals surface area (Å²) in [6.07, 6.45) is 0.232. The molecule has 23 heavy (non-hydrogen) atoms. The number of cyclic esters (lactones) is 1. The van der Waals surface area contributed by atoms with Crippen LogP contribution in [0.4, 0.5) is 0 Å². The van der Waals surface area contributed by atoms with Crippen LogP contribution in [-0.4, -0.2) is 27.3 Å². The molecule has 5 nitrogen and oxygen atoms in total. The molecule has 1 atom stereocenters. The average molecular weight is 314 g/mol. The lowest BCUT2D eigenvalue weighted by atomic mass is 9.94. The Morgan fingerprint density at radius 1 is 0.957 bits per heavy atom. The Bertz CT molecular complexity index is 738. The van der Waals surface area contributed by atoms with Crippen LogP contribution < -0.4 is 14.2 Å². The largest absolute Gasteiger partial charge is 0.496 e. The van der Waals surface area contributed by atoms with Crippen molar-refractivity contribution in [1.82, 2.24) is 0 Å². The number of hydrogen-bond acceptors (Lipinski definition) is 5. The van der Waals surface area contributed by atoms with E-state index in [-0.39, 0.29) is 12.1 Å². The molecule has 2 aromatic carbocycles. The number of rotatable bonds is 4. The zero-order valence-electron chi connectivity index (χ0n) is 13.3. The van der Waals surface area contributed by atoms with Crippen LogP contribution in [0.15, 0.2) is 36.4 Å². The third kappa shape index (κ3) is 2.70. The molecule has 1 aliphatic rings. The van der Waals surface area contributed by atoms with Gasteiger partial charge in [-0.15, -0.1) is 0 Å². The Balaban J connectivity index is 1.96. The lowest BCUT2D eigenvalue weighted by Gasteiger charge is -2.26. The topological polar surface area (TPSA) is 54.0 Å². The molecule has 1 aliphatic heterocycles. The third-order valence-corrected chi connectivity index (χ3v) is 3.97. The van der Waals surface area contributed by atoms with E-state index in [1.165, 1.54) is 0 Å². The monoisotopic (exact) mass is 314 g/mol. The van der Waals surface area contributed by atoms with Crippen molar-refractivity contribution >= 4 is 5.97 Å². The molecular formula is C18H18O5. The average Bonchev–Trinajstić information content (AvgIpc) is 2.60. The van der Waals surface area contributed by atoms with Gasteiger partial charge in [0, 0.05) is 6.42 Å². The van der Waals surface area contributed by atoms with Gasteiger partial charge in [-0.1, -0.05) is 18.2 Å². The second kappa shape index (κ2) is 6.20. The van der Waals surface area contributed by atoms with E-state index in [9.17, 15) is 4.79 Å². The summed E-state index contributed by atoms with van der Waals surface area (Å²) in [5, 5.41) is 0. The smallest absolute Gasteiger partial charge is 0.342 e. The minimum Gasteiger partial charge on any atom is -0.496 e. The first-order valence-corrected chi connectivity index (χ1v) is 7.26. The number of benzene rings is 2. The third-order valence-electron chi connectivity index (χ3n) is 3.97. The number of carbonyl (C=O) groups excluding carboxylic acids is 1. The molecule has 0 N–H and O–H groups in total. The van der Waals surface area contributed by atoms with Gasteiger partial charge in [-0.3, -0.25) is 0 Å². The van der Waals surface area contributed by atoms with E-state index >= 15 is 0 Å². The first-order valence-electron chi connectivity index (χ1n) is 7.26. The molecule has 0 radical (unpaired) electrons. The van der Waals surface area contributed by atoms with Crippen molar-refractivity contribution in [2.75, 3.05) is 21.3 Å². The predicted molar refractivity (Wildman–Crippen MR) is 84.4 cm³/mol. The van der Waals surface area contributed by atoms with E-state index in [1.54, 1.807) is 27.4 Å². The number of carbonyl (C=O) groups is 1. The second-order valence-electron chi connectivity index (χ2n) is 5.21. The molecular weight excluding hydrogens is 296 g/mol. The Hall–Kier alpha value is -2.69. The fourth-order valence-electron chi connectivity index (χ4n) is 2.82. The highest BCUT2D eigenvalue weighted by Gasteiger charge is 2.30. The molecule has 3 rings (SSSR count). The molecule has 0 saturated carbocycles. The Kier molecular flexibility index (Phi) is 4.10. The van der Waals surface area contributed by atoms with Crippen molar-refractivity contribution in [3.63, 3.8) is 0 Å². The zero-order chi connectivity index (χ0) is 16.4. The van der Waals surface area contributed by atoms with Gasteiger partial charge in [-0.25, -0.2) is 4.79 Å². The van der Waals surface area contributed by atoms with Gasteiger partial charge in [-0.2, -0.15) is 0 Å². The summed E-state index contributed by atoms with van der Waals surface area (Å²) in [4.78, 5) is 12.4. The highest BCUT2D eigenvalue weighted by molar-refractivity contribution is 5.95. The van der Waals surface area contributed by atoms with Crippen LogP contribution in [0.25, 0.3) is 0 Å². The summed E-state index contributed by atoms with van der Waals surface area (Å²) in [6, 6.07) is 11.1. The standard InChI is InChI=1S/C18H18O5/c1-20-13-8-7-11(9-16(13)22-3)15-10-12-5-4-6-14(21-2)17(12)18(19)23-15/h4-9,15H,10H2,1-3H3. The number of fused-ring (bicyclic) bond motifs is 1. The summed E-state index contributed by atoms with van der Waals surface area (Å²) in [6.45, 7) is 0. The molecule has 1 heterocycles. The molecule has 0 fully saturated rings. The van der Waals surface area contributed by atoms with Crippen LogP contribution in [0, 0.1) is 0 Å². The van der Waals surface area contributed by atoms with Gasteiger partial charge >= 0.3 is 5.97 Å². The predicted octanol–water partition coefficient (Wildman–Crippen LogP) is 3.17. The van der Waals surface area contributed by atoms with Crippen LogP contribution >= 0.6 is 0 Å². The van der Waals surface area contributed by atoms with E-state index in [0.717, 1.165) is 11.1 Å². The molecule has 0 aliphatic carbocycles. The summed E-state index contributed by atoms with van der Waals surface area (Å²) in [7, 11) is 4.71. The highest BCUT2D eigenvalue weighted by atomic mass is 16.5. The molecule has 120 valence electrons. The molecule has 0 saturated heterocycles. The van der Waals surface area contributed by atoms with E-state index < -0.39 is 0 Å². The van der Waals surface area contributed by atoms with Gasteiger partial charge < -0.3 is 18.9 Å². The fourth-order valence-corrected chi connectivity index (χ4v) is 2.82. The van der Waals surface area contributed by atoms with Gasteiger partial charge in [0.1, 0.15) is 17.4 Å². The van der Waals surface area contributed by atoms with Crippen LogP contribution in [0.1, 0.15) is 27.6 Å². The van der Waals surface area contributed by atoms with Crippen LogP contribution in [0.3, 0.4) is 0 Å². The van der Waals surface area contributed by atoms with Crippen LogP contribution in [0.2, 0.25) is 0 Å². The van der Waals surface area contributed by atoms with E-state index in [0.29, 0.717) is 29.2 Å². The maximum Gasteiger partial charge on any atom is 0.342 e. The molecule has 0 spiro atoms. The van der Waals surface area contributed by atoms with E-state index in [4.69, 9.17) is 18.9 Å². The summed E-state index contributed by atoms with van der Waals surface area (Å²) < 4.78 is 21.4. The normalized spacial score (nSPS) is 16.3. The van der Waals surface area contributed by atoms with E-state index in [2.05, 4.69) is 0 Å². The Morgan fingerprint density at radius 2 is 1.70 bits per heavy atom. The number of ether oxygens (including phenoxy) is 4. The van der Waals surface area contributed by atoms with Crippen molar-refractivity contribution in [3.05, 3.63) is 53.1 Å². The SMILES string of the molecule is COc1ccc(C2Cc3cccc(OC)c3C(=O)O2)cc1OC. The lowest BCUT2D eigenvalue weighted by molar-refractivity contribution is 0.0247. The van der Waals surface area contributed by atoms with Gasteiger partial charge in [0.15, 0.2) is 11.5 Å². The number of esters is 1. The zero-order valence-corrected chi connectivity index (χ0v) is 13.3. The maximum absolute atomic E-state index is 12.4. The van der Waals surface area contributed by atoms with Gasteiger partial charge in [-0.05, 0) is 29.3 Å². The van der Waals surface area contributed by atoms with Crippen LogP contribution in [-0.2, 0) is 11.2 Å². The summed E-state index contributed by atoms with van der Waals surface area (Å²) >= 11 is 0. The lowest BCUT2D eigenvalue weighted by Crippen LogP contribution is -2.22. The number of hydrogen-bond donors (Lipinski definition) is 0. The molecule has 0 bridgehead atoms. The fraction of sp³-hybridized carbons (Fsp3) is 0.278. The Labute approximate surface area is 134 Å². The highest BCUT2D eigenvalue weighted by Crippen LogP contribution is 2.37. The van der Waals surface area contributed by atoms with E-state index in [1.807, 2.05) is 30.3 Å². The van der Waals surface area contributed by atoms with Crippen LogP contribution in [0.5, 0.6) is 17.2 Å². The Morgan fingerprint density at radius 3 is 2.39 bits per heavy atom. The quantitative estimate of drug-likeness (QED) is 0.811. The second-order valence-corrected chi connectivity index (χ2v) is 5.21. The van der Waals surface area contributed by atoms with Gasteiger partial charge in [0.05, 0.1) is 21.3 Å². The minimum atomic E-state index is -0.372. The summed E-state index contributed by atoms with van der Waals surface area (Å²) in [5.41, 5.74) is 2.29. The first-order chi connectivity index (χ1) is 11.2. The molecule has 0 aromatic heterocycles. The minimum absolute atomic E-state index is 0.359. The van der Waals surface area contributed by atoms with Crippen molar-refractivity contribution in [2.45, 2.75) is 12.5 Å². The van der Waals surface area contributed by atoms with Crippen molar-refractivity contribution < 1.29 is 23.7 Å².